The summed E-state index contributed by atoms with van der Waals surface area (Å²) in [6.07, 6.45) is 3.34. The first-order valence-electron chi connectivity index (χ1n) is 10.2. The molecule has 8 heteroatoms. The molecule has 0 bridgehead atoms. The molecule has 0 radical (unpaired) electrons. The Morgan fingerprint density at radius 3 is 2.48 bits per heavy atom. The monoisotopic (exact) mass is 428 g/mol. The molecule has 1 saturated carbocycles. The summed E-state index contributed by atoms with van der Waals surface area (Å²) < 4.78 is 29.5. The van der Waals surface area contributed by atoms with E-state index in [9.17, 15) is 14.0 Å². The molecule has 2 fully saturated rings. The number of rotatable bonds is 6. The molecule has 2 aromatic carbocycles. The number of carbonyl (C=O) groups is 2. The zero-order chi connectivity index (χ0) is 22.1. The lowest BCUT2D eigenvalue weighted by atomic mass is 9.91. The summed E-state index contributed by atoms with van der Waals surface area (Å²) in [6, 6.07) is 7.15. The quantitative estimate of drug-likeness (QED) is 0.759. The molecule has 0 spiro atoms. The summed E-state index contributed by atoms with van der Waals surface area (Å²) in [5.41, 5.74) is 0.840. The highest BCUT2D eigenvalue weighted by atomic mass is 19.1. The molecule has 1 heterocycles. The third-order valence-corrected chi connectivity index (χ3v) is 6.09. The maximum atomic E-state index is 13.5. The zero-order valence-corrected chi connectivity index (χ0v) is 17.7. The first kappa shape index (κ1) is 21.0. The normalized spacial score (nSPS) is 19.3. The van der Waals surface area contributed by atoms with Gasteiger partial charge in [0.15, 0.2) is 11.5 Å². The van der Waals surface area contributed by atoms with Gasteiger partial charge in [-0.05, 0) is 43.0 Å². The van der Waals surface area contributed by atoms with Gasteiger partial charge in [0, 0.05) is 24.2 Å². The van der Waals surface area contributed by atoms with Crippen LogP contribution in [0.2, 0.25) is 0 Å². The summed E-state index contributed by atoms with van der Waals surface area (Å²) in [5.74, 6) is 0.173. The molecule has 164 valence electrons. The van der Waals surface area contributed by atoms with E-state index in [-0.39, 0.29) is 28.7 Å². The average molecular weight is 428 g/mol. The number of carbonyl (C=O) groups excluding carboxylic acids is 2. The largest absolute Gasteiger partial charge is 0.496 e. The van der Waals surface area contributed by atoms with E-state index in [1.54, 1.807) is 12.1 Å². The van der Waals surface area contributed by atoms with Crippen molar-refractivity contribution in [1.29, 1.82) is 0 Å². The minimum Gasteiger partial charge on any atom is -0.496 e. The van der Waals surface area contributed by atoms with Crippen LogP contribution in [-0.2, 0) is 0 Å². The molecule has 1 N–H and O–H groups in total. The smallest absolute Gasteiger partial charge is 0.259 e. The van der Waals surface area contributed by atoms with Gasteiger partial charge in [-0.3, -0.25) is 9.59 Å². The molecule has 1 aliphatic heterocycles. The lowest BCUT2D eigenvalue weighted by molar-refractivity contribution is 0.0269. The summed E-state index contributed by atoms with van der Waals surface area (Å²) >= 11 is 0. The molecule has 2 aromatic rings. The fourth-order valence-electron chi connectivity index (χ4n) is 4.51. The van der Waals surface area contributed by atoms with Crippen molar-refractivity contribution < 1.29 is 28.2 Å². The Bertz CT molecular complexity index is 1030. The Balaban J connectivity index is 1.65. The number of anilines is 1. The van der Waals surface area contributed by atoms with Gasteiger partial charge in [-0.2, -0.15) is 0 Å². The van der Waals surface area contributed by atoms with Crippen molar-refractivity contribution >= 4 is 17.5 Å². The Hall–Kier alpha value is -3.29. The van der Waals surface area contributed by atoms with Crippen LogP contribution in [0.5, 0.6) is 17.2 Å². The summed E-state index contributed by atoms with van der Waals surface area (Å²) in [4.78, 5) is 27.9. The van der Waals surface area contributed by atoms with Crippen molar-refractivity contribution in [2.45, 2.75) is 25.3 Å². The topological polar surface area (TPSA) is 77.1 Å². The maximum Gasteiger partial charge on any atom is 0.259 e. The fraction of sp³-hybridized carbons (Fsp3) is 0.391. The van der Waals surface area contributed by atoms with Crippen molar-refractivity contribution in [3.05, 3.63) is 47.3 Å². The van der Waals surface area contributed by atoms with E-state index in [1.807, 2.05) is 4.90 Å². The van der Waals surface area contributed by atoms with Gasteiger partial charge < -0.3 is 24.4 Å². The number of nitrogens with zero attached hydrogens (tertiary/aromatic N) is 1. The molecule has 1 aliphatic carbocycles. The SMILES string of the molecule is COc1cc(F)ccc1C(=O)Nc1cc(C(=O)N2C[C@@H]3CCC[C@@H]32)cc(OC)c1OC. The lowest BCUT2D eigenvalue weighted by Gasteiger charge is -2.44. The van der Waals surface area contributed by atoms with Crippen molar-refractivity contribution in [3.8, 4) is 17.2 Å². The van der Waals surface area contributed by atoms with Crippen molar-refractivity contribution in [1.82, 2.24) is 4.90 Å². The van der Waals surface area contributed by atoms with E-state index in [1.165, 1.54) is 39.9 Å². The van der Waals surface area contributed by atoms with Crippen LogP contribution < -0.4 is 19.5 Å². The molecule has 0 unspecified atom stereocenters. The number of halogens is 1. The summed E-state index contributed by atoms with van der Waals surface area (Å²) in [5, 5.41) is 2.75. The second kappa shape index (κ2) is 8.45. The van der Waals surface area contributed by atoms with Gasteiger partial charge >= 0.3 is 0 Å². The number of ether oxygens (including phenoxy) is 3. The van der Waals surface area contributed by atoms with Gasteiger partial charge in [-0.25, -0.2) is 4.39 Å². The highest BCUT2D eigenvalue weighted by molar-refractivity contribution is 6.08. The number of methoxy groups -OCH3 is 3. The number of likely N-dealkylation sites (tertiary alicyclic amines) is 1. The van der Waals surface area contributed by atoms with E-state index in [0.717, 1.165) is 25.5 Å². The number of nitrogens with one attached hydrogen (secondary N) is 1. The molecular weight excluding hydrogens is 403 g/mol. The molecule has 0 aromatic heterocycles. The predicted octanol–water partition coefficient (Wildman–Crippen LogP) is 3.73. The molecule has 2 aliphatic rings. The minimum absolute atomic E-state index is 0.0982. The van der Waals surface area contributed by atoms with Crippen LogP contribution in [0.3, 0.4) is 0 Å². The molecular formula is C23H25FN2O5. The number of hydrogen-bond acceptors (Lipinski definition) is 5. The zero-order valence-electron chi connectivity index (χ0n) is 17.7. The Kier molecular flexibility index (Phi) is 5.71. The minimum atomic E-state index is -0.526. The van der Waals surface area contributed by atoms with E-state index >= 15 is 0 Å². The Morgan fingerprint density at radius 2 is 1.81 bits per heavy atom. The van der Waals surface area contributed by atoms with Crippen molar-refractivity contribution in [3.63, 3.8) is 0 Å². The van der Waals surface area contributed by atoms with E-state index in [4.69, 9.17) is 14.2 Å². The van der Waals surface area contributed by atoms with Gasteiger partial charge in [0.1, 0.15) is 11.6 Å². The van der Waals surface area contributed by atoms with Gasteiger partial charge in [-0.1, -0.05) is 6.42 Å². The van der Waals surface area contributed by atoms with Crippen LogP contribution in [-0.4, -0.2) is 50.6 Å². The first-order chi connectivity index (χ1) is 15.0. The molecule has 1 saturated heterocycles. The van der Waals surface area contributed by atoms with Gasteiger partial charge in [0.05, 0.1) is 32.6 Å². The number of fused-ring (bicyclic) bond motifs is 1. The van der Waals surface area contributed by atoms with Crippen LogP contribution in [0.4, 0.5) is 10.1 Å². The predicted molar refractivity (Wildman–Crippen MR) is 113 cm³/mol. The number of amides is 2. The maximum absolute atomic E-state index is 13.5. The van der Waals surface area contributed by atoms with Crippen LogP contribution in [0.25, 0.3) is 0 Å². The lowest BCUT2D eigenvalue weighted by Crippen LogP contribution is -2.55. The van der Waals surface area contributed by atoms with Crippen LogP contribution in [0.1, 0.15) is 40.0 Å². The number of benzene rings is 2. The fourth-order valence-corrected chi connectivity index (χ4v) is 4.51. The third kappa shape index (κ3) is 3.78. The molecule has 7 nitrogen and oxygen atoms in total. The van der Waals surface area contributed by atoms with Crippen LogP contribution >= 0.6 is 0 Å². The standard InChI is InChI=1S/C23H25FN2O5/c1-29-19-11-15(24)7-8-16(19)22(27)25-17-9-14(10-20(30-2)21(17)31-3)23(28)26-12-13-5-4-6-18(13)26/h7-11,13,18H,4-6,12H2,1-3H3,(H,25,27)/t13-,18-/m0/s1. The third-order valence-electron chi connectivity index (χ3n) is 6.09. The second-order valence-electron chi connectivity index (χ2n) is 7.77. The second-order valence-corrected chi connectivity index (χ2v) is 7.77. The first-order valence-corrected chi connectivity index (χ1v) is 10.2. The average Bonchev–Trinajstić information content (AvgIpc) is 3.12. The van der Waals surface area contributed by atoms with Gasteiger partial charge in [0.25, 0.3) is 11.8 Å². The van der Waals surface area contributed by atoms with Crippen molar-refractivity contribution in [2.24, 2.45) is 5.92 Å². The Labute approximate surface area is 180 Å². The highest BCUT2D eigenvalue weighted by Crippen LogP contribution is 2.42. The molecule has 2 amide bonds. The summed E-state index contributed by atoms with van der Waals surface area (Å²) in [6.45, 7) is 0.756. The highest BCUT2D eigenvalue weighted by Gasteiger charge is 2.44. The van der Waals surface area contributed by atoms with E-state index in [0.29, 0.717) is 23.3 Å². The summed E-state index contributed by atoms with van der Waals surface area (Å²) in [7, 11) is 4.28. The molecule has 31 heavy (non-hydrogen) atoms. The van der Waals surface area contributed by atoms with Crippen LogP contribution in [0, 0.1) is 11.7 Å². The molecule has 2 atom stereocenters. The van der Waals surface area contributed by atoms with Crippen LogP contribution in [0.15, 0.2) is 30.3 Å². The molecule has 4 rings (SSSR count). The van der Waals surface area contributed by atoms with E-state index in [2.05, 4.69) is 5.32 Å². The van der Waals surface area contributed by atoms with E-state index < -0.39 is 11.7 Å². The Morgan fingerprint density at radius 1 is 1.03 bits per heavy atom. The van der Waals surface area contributed by atoms with Crippen molar-refractivity contribution in [2.75, 3.05) is 33.2 Å². The van der Waals surface area contributed by atoms with Gasteiger partial charge in [-0.15, -0.1) is 0 Å². The van der Waals surface area contributed by atoms with Gasteiger partial charge in [0.2, 0.25) is 0 Å². The number of hydrogen-bond donors (Lipinski definition) is 1.